The van der Waals surface area contributed by atoms with Crippen LogP contribution < -0.4 is 48.6 Å². The number of nitriles is 3. The second-order valence-electron chi connectivity index (χ2n) is 35.3. The second kappa shape index (κ2) is 42.1. The van der Waals surface area contributed by atoms with Gasteiger partial charge in [0.05, 0.1) is 146 Å². The zero-order valence-electron chi connectivity index (χ0n) is 78.4. The van der Waals surface area contributed by atoms with Gasteiger partial charge in [-0.3, -0.25) is 57.4 Å². The summed E-state index contributed by atoms with van der Waals surface area (Å²) in [6.45, 7) is 41.0. The number of hydrogen-bond acceptors (Lipinski definition) is 21. The summed E-state index contributed by atoms with van der Waals surface area (Å²) in [6.07, 6.45) is 8.72. The molecule has 732 valence electrons. The largest absolute Gasteiger partial charge is 0.395 e. The van der Waals surface area contributed by atoms with Crippen molar-refractivity contribution in [2.24, 2.45) is 0 Å². The number of piperazine rings is 3. The Hall–Kier alpha value is -11.6. The van der Waals surface area contributed by atoms with E-state index >= 15 is 0 Å². The molecule has 0 bridgehead atoms. The van der Waals surface area contributed by atoms with Gasteiger partial charge in [-0.2, -0.15) is 15.8 Å². The first-order chi connectivity index (χ1) is 66.5. The molecule has 0 aliphatic carbocycles. The fraction of sp³-hybridized carbons (Fsp3) is 0.303. The van der Waals surface area contributed by atoms with Gasteiger partial charge >= 0.3 is 0 Å². The molecule has 0 saturated carbocycles. The monoisotopic (exact) mass is 2150 g/mol. The molecule has 0 spiro atoms. The van der Waals surface area contributed by atoms with E-state index in [1.807, 2.05) is 119 Å². The number of nitrogens with zero attached hydrogens (tertiary/aromatic N) is 18. The topological polar surface area (TPSA) is 363 Å². The standard InChI is InChI=1S/3C33H30Cl4FN7O2/c3*1-7-21(46)44-16(5)12-43(13-17(44)6)31-18-10-20(34)29(22-23(35)25(37)26(38)27(40)24(22)36)42-32(18)45(33(47)19(31)11-39)30-15(4)8-9-41-28(30)14(2)3/h3*7-10,14,16-17H,1,12-13,40H2,2-6H3/t3*16-,17+. The zero-order valence-corrected chi connectivity index (χ0v) is 87.5. The van der Waals surface area contributed by atoms with E-state index in [0.29, 0.717) is 123 Å². The normalized spacial score (nSPS) is 16.6. The lowest BCUT2D eigenvalue weighted by Gasteiger charge is -2.45. The predicted molar refractivity (Wildman–Crippen MR) is 560 cm³/mol. The molecule has 3 aliphatic heterocycles. The Labute approximate surface area is 869 Å². The Morgan fingerprint density at radius 3 is 0.787 bits per heavy atom. The number of carbonyl (C=O) groups is 3. The Balaban J connectivity index is 0.000000178. The van der Waals surface area contributed by atoms with Crippen molar-refractivity contribution >= 4 is 224 Å². The van der Waals surface area contributed by atoms with Crippen molar-refractivity contribution in [3.05, 3.63) is 252 Å². The third-order valence-electron chi connectivity index (χ3n) is 24.9. The SMILES string of the molecule is C=CC(=O)N1[C@H](C)CN(c2c(C#N)c(=O)n(-c3c(C)ccnc3C(C)C)c3nc(-c4c(Cl)c(N)c(F)c(Cl)c4Cl)c(Cl)cc23)C[C@@H]1C.C=CC(=O)N1[C@H](C)CN(c2c(C#N)c(=O)n(-c3c(C)ccnc3C(C)C)c3nc(-c4c(Cl)c(N)c(F)c(Cl)c4Cl)c(Cl)cc23)C[C@@H]1C.C=CC(=O)N1[C@H](C)CN(c2c(C#N)c(=O)n(-c3c(C)ccnc3C(C)C)c3nc(-c4c(Cl)c(N)c(F)c(Cl)c4Cl)c(Cl)cc23)C[C@@H]1C. The van der Waals surface area contributed by atoms with Crippen molar-refractivity contribution in [3.63, 3.8) is 0 Å². The van der Waals surface area contributed by atoms with E-state index in [9.17, 15) is 57.7 Å². The van der Waals surface area contributed by atoms with Crippen molar-refractivity contribution in [3.8, 4) is 69.0 Å². The van der Waals surface area contributed by atoms with Gasteiger partial charge in [-0.1, -0.05) is 200 Å². The summed E-state index contributed by atoms with van der Waals surface area (Å²) < 4.78 is 48.2. The van der Waals surface area contributed by atoms with Crippen LogP contribution in [0.1, 0.15) is 151 Å². The van der Waals surface area contributed by atoms with E-state index in [1.165, 1.54) is 31.9 Å². The number of amides is 3. The number of carbonyl (C=O) groups excluding carboxylic acids is 3. The van der Waals surface area contributed by atoms with Crippen LogP contribution in [0.4, 0.5) is 47.3 Å². The van der Waals surface area contributed by atoms with Gasteiger partial charge in [0, 0.05) is 127 Å². The Morgan fingerprint density at radius 2 is 0.596 bits per heavy atom. The van der Waals surface area contributed by atoms with Crippen molar-refractivity contribution in [2.45, 2.75) is 158 Å². The first-order valence-electron chi connectivity index (χ1n) is 43.9. The molecule has 3 aliphatic rings. The van der Waals surface area contributed by atoms with Gasteiger partial charge in [0.2, 0.25) is 17.7 Å². The summed E-state index contributed by atoms with van der Waals surface area (Å²) in [7, 11) is 0. The van der Waals surface area contributed by atoms with Crippen LogP contribution in [0.25, 0.3) is 83.9 Å². The highest BCUT2D eigenvalue weighted by molar-refractivity contribution is 6.50. The number of fused-ring (bicyclic) bond motifs is 3. The van der Waals surface area contributed by atoms with Gasteiger partial charge in [-0.05, 0) is 151 Å². The number of aryl methyl sites for hydroxylation is 3. The third-order valence-corrected chi connectivity index (χ3v) is 29.5. The lowest BCUT2D eigenvalue weighted by molar-refractivity contribution is -0.131. The van der Waals surface area contributed by atoms with Gasteiger partial charge in [-0.15, -0.1) is 0 Å². The molecule has 0 unspecified atom stereocenters. The number of hydrogen-bond donors (Lipinski definition) is 3. The molecule has 6 atom stereocenters. The number of halogens is 15. The summed E-state index contributed by atoms with van der Waals surface area (Å²) in [4.78, 5) is 121. The lowest BCUT2D eigenvalue weighted by atomic mass is 10.0. The van der Waals surface area contributed by atoms with E-state index in [4.69, 9.17) is 171 Å². The van der Waals surface area contributed by atoms with E-state index in [0.717, 1.165) is 0 Å². The fourth-order valence-corrected chi connectivity index (χ4v) is 21.9. The van der Waals surface area contributed by atoms with Crippen LogP contribution in [0.5, 0.6) is 0 Å². The molecule has 0 radical (unpaired) electrons. The molecule has 6 N–H and O–H groups in total. The molecule has 3 amide bonds. The summed E-state index contributed by atoms with van der Waals surface area (Å²) in [5.41, 5.74) is 20.4. The minimum atomic E-state index is -0.995. The summed E-state index contributed by atoms with van der Waals surface area (Å²) in [6, 6.07) is 14.5. The summed E-state index contributed by atoms with van der Waals surface area (Å²) in [5, 5.41) is 29.8. The van der Waals surface area contributed by atoms with Crippen molar-refractivity contribution in [1.82, 2.24) is 58.3 Å². The van der Waals surface area contributed by atoms with Gasteiger partial charge < -0.3 is 46.6 Å². The minimum Gasteiger partial charge on any atom is -0.395 e. The summed E-state index contributed by atoms with van der Waals surface area (Å²) >= 11 is 78.4. The number of nitrogens with two attached hydrogens (primary N) is 3. The molecule has 9 aromatic heterocycles. The van der Waals surface area contributed by atoms with Gasteiger partial charge in [0.25, 0.3) is 16.7 Å². The second-order valence-corrected chi connectivity index (χ2v) is 40.0. The molecule has 3 aromatic carbocycles. The Kier molecular flexibility index (Phi) is 31.9. The van der Waals surface area contributed by atoms with Gasteiger partial charge in [0.1, 0.15) is 51.8 Å². The fourth-order valence-electron chi connectivity index (χ4n) is 18.8. The average Bonchev–Trinajstić information content (AvgIpc) is 0.725. The molecule has 15 rings (SSSR count). The Bertz CT molecular complexity index is 6860. The maximum absolute atomic E-state index is 14.7. The highest BCUT2D eigenvalue weighted by Gasteiger charge is 2.42. The summed E-state index contributed by atoms with van der Waals surface area (Å²) in [5.74, 6) is -4.03. The maximum atomic E-state index is 14.7. The number of benzene rings is 3. The number of pyridine rings is 9. The molecule has 12 aromatic rings. The minimum absolute atomic E-state index is 0.0117. The van der Waals surface area contributed by atoms with E-state index in [2.05, 4.69) is 52.9 Å². The van der Waals surface area contributed by atoms with Crippen LogP contribution in [0, 0.1) is 72.2 Å². The van der Waals surface area contributed by atoms with E-state index < -0.39 is 66.3 Å². The molecule has 141 heavy (non-hydrogen) atoms. The molecule has 42 heteroatoms. The molecular formula is C99H90Cl12F3N21O6. The van der Waals surface area contributed by atoms with Crippen LogP contribution in [-0.4, -0.2) is 152 Å². The molecule has 3 fully saturated rings. The molecule has 3 saturated heterocycles. The van der Waals surface area contributed by atoms with Gasteiger partial charge in [0.15, 0.2) is 17.5 Å². The van der Waals surface area contributed by atoms with Gasteiger partial charge in [-0.25, -0.2) is 28.1 Å². The van der Waals surface area contributed by atoms with Crippen LogP contribution in [0.2, 0.25) is 60.3 Å². The molecular weight excluding hydrogens is 2060 g/mol. The lowest BCUT2D eigenvalue weighted by Crippen LogP contribution is -2.58. The number of nitrogen functional groups attached to an aromatic ring is 3. The number of rotatable bonds is 15. The smallest absolute Gasteiger partial charge is 0.276 e. The van der Waals surface area contributed by atoms with Crippen molar-refractivity contribution in [1.29, 1.82) is 15.8 Å². The Morgan fingerprint density at radius 1 is 0.383 bits per heavy atom. The number of aromatic nitrogens is 9. The van der Waals surface area contributed by atoms with Crippen LogP contribution in [0.15, 0.2) is 107 Å². The highest BCUT2D eigenvalue weighted by atomic mass is 35.5. The van der Waals surface area contributed by atoms with E-state index in [1.54, 1.807) is 69.7 Å². The van der Waals surface area contributed by atoms with Crippen molar-refractivity contribution in [2.75, 3.05) is 71.2 Å². The predicted octanol–water partition coefficient (Wildman–Crippen LogP) is 23.1. The van der Waals surface area contributed by atoms with E-state index in [-0.39, 0.29) is 184 Å². The quantitative estimate of drug-likeness (QED) is 0.0371. The first-order valence-corrected chi connectivity index (χ1v) is 48.4. The van der Waals surface area contributed by atoms with Crippen LogP contribution in [0.3, 0.4) is 0 Å². The number of anilines is 6. The van der Waals surface area contributed by atoms with Crippen molar-refractivity contribution < 1.29 is 27.6 Å². The average molecular weight is 2150 g/mol. The molecule has 12 heterocycles. The van der Waals surface area contributed by atoms with Crippen LogP contribution >= 0.6 is 139 Å². The third kappa shape index (κ3) is 18.8. The van der Waals surface area contributed by atoms with Crippen LogP contribution in [-0.2, 0) is 14.4 Å². The maximum Gasteiger partial charge on any atom is 0.276 e. The highest BCUT2D eigenvalue weighted by Crippen LogP contribution is 2.53. The zero-order chi connectivity index (χ0) is 104. The molecule has 27 nitrogen and oxygen atoms in total. The first kappa shape index (κ1) is 107.